The van der Waals surface area contributed by atoms with E-state index in [1.807, 2.05) is 0 Å². The van der Waals surface area contributed by atoms with E-state index < -0.39 is 0 Å². The summed E-state index contributed by atoms with van der Waals surface area (Å²) in [5.74, 6) is 1.06. The third-order valence-electron chi connectivity index (χ3n) is 4.48. The Hall–Kier alpha value is -0.780. The monoisotopic (exact) mass is 244 g/mol. The Morgan fingerprint density at radius 2 is 1.56 bits per heavy atom. The molecule has 0 nitrogen and oxygen atoms in total. The summed E-state index contributed by atoms with van der Waals surface area (Å²) in [5, 5.41) is 0. The largest absolute Gasteiger partial charge is 0.0613 e. The summed E-state index contributed by atoms with van der Waals surface area (Å²) in [6.07, 6.45) is 14.2. The SMILES string of the molecule is CCc1ccc(CCCCC2CCCCC2)cc1. The third-order valence-corrected chi connectivity index (χ3v) is 4.48. The van der Waals surface area contributed by atoms with Crippen molar-refractivity contribution in [1.29, 1.82) is 0 Å². The van der Waals surface area contributed by atoms with Gasteiger partial charge in [0.05, 0.1) is 0 Å². The Kier molecular flexibility index (Phi) is 5.77. The van der Waals surface area contributed by atoms with Crippen LogP contribution >= 0.6 is 0 Å². The molecule has 0 N–H and O–H groups in total. The van der Waals surface area contributed by atoms with E-state index in [9.17, 15) is 0 Å². The smallest absolute Gasteiger partial charge is 0.0279 e. The van der Waals surface area contributed by atoms with Crippen molar-refractivity contribution in [3.63, 3.8) is 0 Å². The van der Waals surface area contributed by atoms with E-state index in [0.717, 1.165) is 12.3 Å². The molecule has 1 aromatic rings. The first-order valence-corrected chi connectivity index (χ1v) is 7.96. The number of unbranched alkanes of at least 4 members (excludes halogenated alkanes) is 1. The van der Waals surface area contributed by atoms with Gasteiger partial charge in [0.2, 0.25) is 0 Å². The van der Waals surface area contributed by atoms with Gasteiger partial charge < -0.3 is 0 Å². The molecule has 0 saturated heterocycles. The van der Waals surface area contributed by atoms with Crippen LogP contribution in [0.1, 0.15) is 69.4 Å². The number of hydrogen-bond donors (Lipinski definition) is 0. The summed E-state index contributed by atoms with van der Waals surface area (Å²) in [6, 6.07) is 9.21. The second-order valence-corrected chi connectivity index (χ2v) is 5.92. The lowest BCUT2D eigenvalue weighted by Gasteiger charge is -2.21. The molecule has 2 rings (SSSR count). The van der Waals surface area contributed by atoms with E-state index in [-0.39, 0.29) is 0 Å². The van der Waals surface area contributed by atoms with Gasteiger partial charge in [-0.2, -0.15) is 0 Å². The highest BCUT2D eigenvalue weighted by Gasteiger charge is 2.12. The summed E-state index contributed by atoms with van der Waals surface area (Å²) in [4.78, 5) is 0. The van der Waals surface area contributed by atoms with Crippen molar-refractivity contribution in [1.82, 2.24) is 0 Å². The van der Waals surface area contributed by atoms with E-state index in [1.165, 1.54) is 68.9 Å². The topological polar surface area (TPSA) is 0 Å². The van der Waals surface area contributed by atoms with Gasteiger partial charge in [-0.1, -0.05) is 76.1 Å². The molecular formula is C18H28. The van der Waals surface area contributed by atoms with Crippen molar-refractivity contribution in [2.75, 3.05) is 0 Å². The average Bonchev–Trinajstić information content (AvgIpc) is 2.45. The van der Waals surface area contributed by atoms with Crippen LogP contribution in [0.2, 0.25) is 0 Å². The molecule has 0 heterocycles. The summed E-state index contributed by atoms with van der Waals surface area (Å²) in [7, 11) is 0. The molecule has 0 radical (unpaired) electrons. The van der Waals surface area contributed by atoms with Crippen molar-refractivity contribution in [3.8, 4) is 0 Å². The summed E-state index contributed by atoms with van der Waals surface area (Å²) in [6.45, 7) is 2.22. The zero-order valence-corrected chi connectivity index (χ0v) is 12.0. The molecule has 0 atom stereocenters. The fraction of sp³-hybridized carbons (Fsp3) is 0.667. The van der Waals surface area contributed by atoms with Crippen molar-refractivity contribution in [2.24, 2.45) is 5.92 Å². The van der Waals surface area contributed by atoms with Gasteiger partial charge >= 0.3 is 0 Å². The Morgan fingerprint density at radius 3 is 2.22 bits per heavy atom. The highest BCUT2D eigenvalue weighted by molar-refractivity contribution is 5.22. The molecule has 0 aromatic heterocycles. The lowest BCUT2D eigenvalue weighted by Crippen LogP contribution is -2.05. The fourth-order valence-electron chi connectivity index (χ4n) is 3.18. The van der Waals surface area contributed by atoms with Crippen molar-refractivity contribution < 1.29 is 0 Å². The maximum Gasteiger partial charge on any atom is -0.0279 e. The zero-order chi connectivity index (χ0) is 12.6. The minimum absolute atomic E-state index is 1.06. The maximum atomic E-state index is 2.32. The molecule has 1 fully saturated rings. The van der Waals surface area contributed by atoms with Gasteiger partial charge in [-0.05, 0) is 36.3 Å². The first-order valence-electron chi connectivity index (χ1n) is 7.96. The molecule has 100 valence electrons. The van der Waals surface area contributed by atoms with Crippen LogP contribution in [0, 0.1) is 5.92 Å². The standard InChI is InChI=1S/C18H28/c1-2-16-12-14-18(15-13-16)11-7-6-10-17-8-4-3-5-9-17/h12-15,17H,2-11H2,1H3. The second kappa shape index (κ2) is 7.61. The van der Waals surface area contributed by atoms with E-state index in [0.29, 0.717) is 0 Å². The van der Waals surface area contributed by atoms with Crippen LogP contribution in [0.3, 0.4) is 0 Å². The molecule has 1 aliphatic rings. The van der Waals surface area contributed by atoms with Gasteiger partial charge in [0.1, 0.15) is 0 Å². The summed E-state index contributed by atoms with van der Waals surface area (Å²) >= 11 is 0. The molecule has 0 unspecified atom stereocenters. The molecule has 0 aliphatic heterocycles. The minimum atomic E-state index is 1.06. The Labute approximate surface area is 113 Å². The molecule has 0 bridgehead atoms. The Balaban J connectivity index is 1.62. The Bertz CT molecular complexity index is 316. The quantitative estimate of drug-likeness (QED) is 0.576. The zero-order valence-electron chi connectivity index (χ0n) is 12.0. The van der Waals surface area contributed by atoms with Gasteiger partial charge in [-0.25, -0.2) is 0 Å². The van der Waals surface area contributed by atoms with Gasteiger partial charge in [-0.15, -0.1) is 0 Å². The third kappa shape index (κ3) is 4.48. The van der Waals surface area contributed by atoms with Crippen LogP contribution in [-0.2, 0) is 12.8 Å². The van der Waals surface area contributed by atoms with E-state index in [2.05, 4.69) is 31.2 Å². The molecule has 0 amide bonds. The van der Waals surface area contributed by atoms with Crippen LogP contribution in [0.5, 0.6) is 0 Å². The maximum absolute atomic E-state index is 2.32. The normalized spacial score (nSPS) is 16.9. The van der Waals surface area contributed by atoms with Crippen LogP contribution in [0.25, 0.3) is 0 Å². The number of aryl methyl sites for hydroxylation is 2. The van der Waals surface area contributed by atoms with Gasteiger partial charge in [0.15, 0.2) is 0 Å². The predicted octanol–water partition coefficient (Wildman–Crippen LogP) is 5.54. The summed E-state index contributed by atoms with van der Waals surface area (Å²) < 4.78 is 0. The van der Waals surface area contributed by atoms with Gasteiger partial charge in [0, 0.05) is 0 Å². The highest BCUT2D eigenvalue weighted by atomic mass is 14.2. The minimum Gasteiger partial charge on any atom is -0.0613 e. The lowest BCUT2D eigenvalue weighted by molar-refractivity contribution is 0.330. The van der Waals surface area contributed by atoms with E-state index in [1.54, 1.807) is 0 Å². The van der Waals surface area contributed by atoms with Crippen LogP contribution in [-0.4, -0.2) is 0 Å². The van der Waals surface area contributed by atoms with Crippen molar-refractivity contribution >= 4 is 0 Å². The van der Waals surface area contributed by atoms with Crippen LogP contribution < -0.4 is 0 Å². The molecule has 0 heteroatoms. The number of hydrogen-bond acceptors (Lipinski definition) is 0. The number of rotatable bonds is 6. The van der Waals surface area contributed by atoms with E-state index in [4.69, 9.17) is 0 Å². The molecule has 1 aliphatic carbocycles. The fourth-order valence-corrected chi connectivity index (χ4v) is 3.18. The average molecular weight is 244 g/mol. The first kappa shape index (κ1) is 13.6. The van der Waals surface area contributed by atoms with E-state index >= 15 is 0 Å². The van der Waals surface area contributed by atoms with Crippen LogP contribution in [0.15, 0.2) is 24.3 Å². The molecule has 0 spiro atoms. The van der Waals surface area contributed by atoms with Gasteiger partial charge in [-0.3, -0.25) is 0 Å². The molecular weight excluding hydrogens is 216 g/mol. The predicted molar refractivity (Wildman–Crippen MR) is 80.0 cm³/mol. The number of benzene rings is 1. The van der Waals surface area contributed by atoms with Gasteiger partial charge in [0.25, 0.3) is 0 Å². The highest BCUT2D eigenvalue weighted by Crippen LogP contribution is 2.27. The summed E-state index contributed by atoms with van der Waals surface area (Å²) in [5.41, 5.74) is 2.98. The second-order valence-electron chi connectivity index (χ2n) is 5.92. The van der Waals surface area contributed by atoms with Crippen LogP contribution in [0.4, 0.5) is 0 Å². The lowest BCUT2D eigenvalue weighted by atomic mass is 9.85. The first-order chi connectivity index (χ1) is 8.88. The van der Waals surface area contributed by atoms with Crippen molar-refractivity contribution in [3.05, 3.63) is 35.4 Å². The molecule has 1 aromatic carbocycles. The Morgan fingerprint density at radius 1 is 0.889 bits per heavy atom. The van der Waals surface area contributed by atoms with Crippen molar-refractivity contribution in [2.45, 2.75) is 71.1 Å². The molecule has 18 heavy (non-hydrogen) atoms. The molecule has 1 saturated carbocycles.